The molecule has 7 nitrogen and oxygen atoms in total. The number of piperidine rings is 1. The highest BCUT2D eigenvalue weighted by Crippen LogP contribution is 2.26. The standard InChI is InChI=1S/C20H21F2N3O4S/c21-16-5-6-17(22)18(11-16)30(28,29)25-9-7-15(8-10-25)20(27)24-12-13-1-3-14(4-2-13)19(23)26/h1-6,11,15H,7-10,12H2,(H2,23,26)(H,24,27). The van der Waals surface area contributed by atoms with Crippen molar-refractivity contribution in [2.75, 3.05) is 13.1 Å². The van der Waals surface area contributed by atoms with Gasteiger partial charge in [-0.25, -0.2) is 17.2 Å². The van der Waals surface area contributed by atoms with Crippen LogP contribution in [0.5, 0.6) is 0 Å². The smallest absolute Gasteiger partial charge is 0.248 e. The van der Waals surface area contributed by atoms with Gasteiger partial charge in [-0.15, -0.1) is 0 Å². The number of sulfonamides is 1. The van der Waals surface area contributed by atoms with Crippen LogP contribution in [-0.2, 0) is 21.4 Å². The summed E-state index contributed by atoms with van der Waals surface area (Å²) in [5.41, 5.74) is 6.34. The van der Waals surface area contributed by atoms with Gasteiger partial charge in [-0.2, -0.15) is 4.31 Å². The minimum atomic E-state index is -4.18. The van der Waals surface area contributed by atoms with E-state index in [9.17, 15) is 26.8 Å². The molecule has 2 aromatic rings. The van der Waals surface area contributed by atoms with Gasteiger partial charge in [-0.05, 0) is 48.7 Å². The Kier molecular flexibility index (Phi) is 6.47. The van der Waals surface area contributed by atoms with Gasteiger partial charge in [-0.1, -0.05) is 12.1 Å². The number of rotatable bonds is 6. The molecular weight excluding hydrogens is 416 g/mol. The van der Waals surface area contributed by atoms with Crippen LogP contribution in [0.2, 0.25) is 0 Å². The molecule has 1 aliphatic rings. The molecule has 0 aliphatic carbocycles. The Morgan fingerprint density at radius 3 is 2.30 bits per heavy atom. The fourth-order valence-corrected chi connectivity index (χ4v) is 4.84. The van der Waals surface area contributed by atoms with Gasteiger partial charge < -0.3 is 11.1 Å². The van der Waals surface area contributed by atoms with E-state index in [0.29, 0.717) is 11.6 Å². The number of nitrogens with two attached hydrogens (primary N) is 1. The molecule has 2 aromatic carbocycles. The predicted molar refractivity (Wildman–Crippen MR) is 105 cm³/mol. The fraction of sp³-hybridized carbons (Fsp3) is 0.300. The van der Waals surface area contributed by atoms with E-state index in [0.717, 1.165) is 22.0 Å². The predicted octanol–water partition coefficient (Wildman–Crippen LogP) is 1.78. The first-order valence-electron chi connectivity index (χ1n) is 9.30. The van der Waals surface area contributed by atoms with Gasteiger partial charge in [0, 0.05) is 31.1 Å². The van der Waals surface area contributed by atoms with Crippen molar-refractivity contribution in [2.45, 2.75) is 24.3 Å². The molecule has 0 saturated carbocycles. The molecule has 1 fully saturated rings. The summed E-state index contributed by atoms with van der Waals surface area (Å²) in [4.78, 5) is 22.8. The quantitative estimate of drug-likeness (QED) is 0.718. The number of hydrogen-bond acceptors (Lipinski definition) is 4. The van der Waals surface area contributed by atoms with Crippen molar-refractivity contribution in [2.24, 2.45) is 11.7 Å². The summed E-state index contributed by atoms with van der Waals surface area (Å²) >= 11 is 0. The maximum Gasteiger partial charge on any atom is 0.248 e. The molecule has 1 saturated heterocycles. The van der Waals surface area contributed by atoms with Crippen molar-refractivity contribution in [3.63, 3.8) is 0 Å². The second kappa shape index (κ2) is 8.88. The summed E-state index contributed by atoms with van der Waals surface area (Å²) in [5, 5.41) is 2.79. The van der Waals surface area contributed by atoms with Crippen LogP contribution in [0.15, 0.2) is 47.4 Å². The number of halogens is 2. The number of carbonyl (C=O) groups excluding carboxylic acids is 2. The van der Waals surface area contributed by atoms with Crippen LogP contribution in [0.4, 0.5) is 8.78 Å². The molecule has 3 rings (SSSR count). The highest BCUT2D eigenvalue weighted by Gasteiger charge is 2.33. The van der Waals surface area contributed by atoms with E-state index < -0.39 is 38.4 Å². The fourth-order valence-electron chi connectivity index (χ4n) is 3.29. The first kappa shape index (κ1) is 21.8. The number of carbonyl (C=O) groups is 2. The van der Waals surface area contributed by atoms with Crippen LogP contribution < -0.4 is 11.1 Å². The van der Waals surface area contributed by atoms with Gasteiger partial charge in [0.1, 0.15) is 16.5 Å². The molecule has 160 valence electrons. The molecule has 0 radical (unpaired) electrons. The average molecular weight is 437 g/mol. The second-order valence-electron chi connectivity index (χ2n) is 7.03. The molecule has 10 heteroatoms. The van der Waals surface area contributed by atoms with Crippen LogP contribution in [-0.4, -0.2) is 37.6 Å². The number of nitrogens with zero attached hydrogens (tertiary/aromatic N) is 1. The first-order chi connectivity index (χ1) is 14.2. The molecule has 0 bridgehead atoms. The average Bonchev–Trinajstić information content (AvgIpc) is 2.74. The SMILES string of the molecule is NC(=O)c1ccc(CNC(=O)C2CCN(S(=O)(=O)c3cc(F)ccc3F)CC2)cc1. The Labute approximate surface area is 172 Å². The minimum absolute atomic E-state index is 0.0314. The van der Waals surface area contributed by atoms with E-state index in [1.807, 2.05) is 0 Å². The molecule has 0 unspecified atom stereocenters. The number of benzene rings is 2. The normalized spacial score (nSPS) is 15.7. The van der Waals surface area contributed by atoms with E-state index in [2.05, 4.69) is 5.32 Å². The minimum Gasteiger partial charge on any atom is -0.366 e. The van der Waals surface area contributed by atoms with Crippen LogP contribution in [0, 0.1) is 17.6 Å². The van der Waals surface area contributed by atoms with E-state index in [1.54, 1.807) is 24.3 Å². The van der Waals surface area contributed by atoms with Crippen molar-refractivity contribution in [1.29, 1.82) is 0 Å². The Morgan fingerprint density at radius 1 is 1.07 bits per heavy atom. The lowest BCUT2D eigenvalue weighted by molar-refractivity contribution is -0.126. The molecule has 0 spiro atoms. The van der Waals surface area contributed by atoms with E-state index in [4.69, 9.17) is 5.73 Å². The van der Waals surface area contributed by atoms with Crippen molar-refractivity contribution >= 4 is 21.8 Å². The topological polar surface area (TPSA) is 110 Å². The summed E-state index contributed by atoms with van der Waals surface area (Å²) in [5.74, 6) is -3.00. The van der Waals surface area contributed by atoms with Crippen LogP contribution in [0.25, 0.3) is 0 Å². The molecule has 0 atom stereocenters. The molecule has 0 aromatic heterocycles. The molecule has 1 heterocycles. The van der Waals surface area contributed by atoms with E-state index in [1.165, 1.54) is 0 Å². The summed E-state index contributed by atoms with van der Waals surface area (Å²) in [7, 11) is -4.18. The lowest BCUT2D eigenvalue weighted by Crippen LogP contribution is -2.43. The number of primary amides is 1. The zero-order valence-corrected chi connectivity index (χ0v) is 16.8. The molecule has 1 aliphatic heterocycles. The van der Waals surface area contributed by atoms with Crippen LogP contribution in [0.1, 0.15) is 28.8 Å². The largest absolute Gasteiger partial charge is 0.366 e. The van der Waals surface area contributed by atoms with E-state index >= 15 is 0 Å². The maximum absolute atomic E-state index is 13.9. The zero-order chi connectivity index (χ0) is 21.9. The zero-order valence-electron chi connectivity index (χ0n) is 16.0. The number of amides is 2. The van der Waals surface area contributed by atoms with Gasteiger partial charge in [0.05, 0.1) is 0 Å². The maximum atomic E-state index is 13.9. The second-order valence-corrected chi connectivity index (χ2v) is 8.94. The van der Waals surface area contributed by atoms with Crippen LogP contribution >= 0.6 is 0 Å². The van der Waals surface area contributed by atoms with Crippen molar-refractivity contribution in [3.8, 4) is 0 Å². The Balaban J connectivity index is 1.56. The molecule has 2 amide bonds. The van der Waals surface area contributed by atoms with Gasteiger partial charge in [0.25, 0.3) is 0 Å². The Bertz CT molecular complexity index is 1050. The molecule has 30 heavy (non-hydrogen) atoms. The van der Waals surface area contributed by atoms with Gasteiger partial charge >= 0.3 is 0 Å². The first-order valence-corrected chi connectivity index (χ1v) is 10.7. The van der Waals surface area contributed by atoms with Gasteiger partial charge in [-0.3, -0.25) is 9.59 Å². The van der Waals surface area contributed by atoms with E-state index in [-0.39, 0.29) is 38.4 Å². The number of hydrogen-bond donors (Lipinski definition) is 2. The van der Waals surface area contributed by atoms with Gasteiger partial charge in [0.15, 0.2) is 0 Å². The summed E-state index contributed by atoms with van der Waals surface area (Å²) in [6.07, 6.45) is 0.533. The highest BCUT2D eigenvalue weighted by atomic mass is 32.2. The van der Waals surface area contributed by atoms with Crippen molar-refractivity contribution < 1.29 is 26.8 Å². The summed E-state index contributed by atoms with van der Waals surface area (Å²) in [6, 6.07) is 8.79. The Morgan fingerprint density at radius 2 is 1.70 bits per heavy atom. The third-order valence-electron chi connectivity index (χ3n) is 5.04. The third kappa shape index (κ3) is 4.82. The Hall–Kier alpha value is -2.85. The van der Waals surface area contributed by atoms with Crippen molar-refractivity contribution in [1.82, 2.24) is 9.62 Å². The summed E-state index contributed by atoms with van der Waals surface area (Å²) < 4.78 is 53.6. The van der Waals surface area contributed by atoms with Gasteiger partial charge in [0.2, 0.25) is 21.8 Å². The lowest BCUT2D eigenvalue weighted by atomic mass is 9.97. The third-order valence-corrected chi connectivity index (χ3v) is 6.95. The molecule has 3 N–H and O–H groups in total. The molecular formula is C20H21F2N3O4S. The summed E-state index contributed by atoms with van der Waals surface area (Å²) in [6.45, 7) is 0.318. The van der Waals surface area contributed by atoms with Crippen molar-refractivity contribution in [3.05, 3.63) is 65.2 Å². The number of nitrogens with one attached hydrogen (secondary N) is 1. The lowest BCUT2D eigenvalue weighted by Gasteiger charge is -2.30. The highest BCUT2D eigenvalue weighted by molar-refractivity contribution is 7.89. The van der Waals surface area contributed by atoms with Crippen LogP contribution in [0.3, 0.4) is 0 Å². The monoisotopic (exact) mass is 437 g/mol.